The number of carbonyl (C=O) groups excluding carboxylic acids is 1. The van der Waals surface area contributed by atoms with Crippen LogP contribution in [0.4, 0.5) is 0 Å². The van der Waals surface area contributed by atoms with Crippen LogP contribution >= 0.6 is 0 Å². The third-order valence-corrected chi connectivity index (χ3v) is 3.51. The van der Waals surface area contributed by atoms with E-state index in [4.69, 9.17) is 0 Å². The number of aromatic nitrogens is 1. The highest BCUT2D eigenvalue weighted by Gasteiger charge is 2.05. The average Bonchev–Trinajstić information content (AvgIpc) is 2.85. The number of benzene rings is 1. The van der Waals surface area contributed by atoms with Gasteiger partial charge in [0.25, 0.3) is 0 Å². The second-order valence-corrected chi connectivity index (χ2v) is 5.64. The third-order valence-electron chi connectivity index (χ3n) is 3.51. The van der Waals surface area contributed by atoms with E-state index in [-0.39, 0.29) is 5.91 Å². The lowest BCUT2D eigenvalue weighted by Crippen LogP contribution is -2.23. The zero-order valence-corrected chi connectivity index (χ0v) is 13.1. The van der Waals surface area contributed by atoms with E-state index in [1.165, 1.54) is 16.5 Å². The van der Waals surface area contributed by atoms with Crippen LogP contribution in [0.1, 0.15) is 32.8 Å². The Morgan fingerprint density at radius 1 is 1.29 bits per heavy atom. The Morgan fingerprint density at radius 2 is 2.10 bits per heavy atom. The summed E-state index contributed by atoms with van der Waals surface area (Å²) in [4.78, 5) is 11.6. The highest BCUT2D eigenvalue weighted by molar-refractivity contribution is 5.81. The summed E-state index contributed by atoms with van der Waals surface area (Å²) in [5.41, 5.74) is 2.47. The van der Waals surface area contributed by atoms with Crippen LogP contribution in [0.3, 0.4) is 0 Å². The zero-order valence-electron chi connectivity index (χ0n) is 13.1. The van der Waals surface area contributed by atoms with E-state index in [1.54, 1.807) is 0 Å². The molecule has 4 heteroatoms. The first-order valence-electron chi connectivity index (χ1n) is 7.68. The summed E-state index contributed by atoms with van der Waals surface area (Å²) in [6.07, 6.45) is 2.58. The largest absolute Gasteiger partial charge is 0.356 e. The Balaban J connectivity index is 2.09. The summed E-state index contributed by atoms with van der Waals surface area (Å²) < 4.78 is 2.16. The van der Waals surface area contributed by atoms with Crippen LogP contribution in [-0.4, -0.2) is 23.1 Å². The van der Waals surface area contributed by atoms with Gasteiger partial charge >= 0.3 is 0 Å². The molecule has 0 aliphatic heterocycles. The molecule has 1 heterocycles. The lowest BCUT2D eigenvalue weighted by molar-refractivity contribution is -0.121. The number of aryl methyl sites for hydroxylation is 1. The minimum atomic E-state index is 0.108. The fourth-order valence-electron chi connectivity index (χ4n) is 2.36. The van der Waals surface area contributed by atoms with Gasteiger partial charge in [-0.25, -0.2) is 0 Å². The molecule has 1 aromatic heterocycles. The van der Waals surface area contributed by atoms with E-state index in [1.807, 2.05) is 6.92 Å². The summed E-state index contributed by atoms with van der Waals surface area (Å²) in [5, 5.41) is 7.49. The number of hydrogen-bond donors (Lipinski definition) is 2. The predicted molar refractivity (Wildman–Crippen MR) is 87.2 cm³/mol. The summed E-state index contributed by atoms with van der Waals surface area (Å²) in [5.74, 6) is 0.108. The van der Waals surface area contributed by atoms with Gasteiger partial charge in [0.1, 0.15) is 0 Å². The summed E-state index contributed by atoms with van der Waals surface area (Å²) in [6, 6.07) is 9.10. The molecule has 2 N–H and O–H groups in total. The van der Waals surface area contributed by atoms with Gasteiger partial charge in [-0.1, -0.05) is 26.0 Å². The van der Waals surface area contributed by atoms with Gasteiger partial charge in [-0.2, -0.15) is 0 Å². The van der Waals surface area contributed by atoms with Crippen LogP contribution in [0.15, 0.2) is 30.5 Å². The SMILES string of the molecule is CCNC(=O)CCn1ccc2ccc(CNC(C)C)cc21. The molecular weight excluding hydrogens is 262 g/mol. The average molecular weight is 287 g/mol. The van der Waals surface area contributed by atoms with Crippen molar-refractivity contribution in [1.82, 2.24) is 15.2 Å². The molecule has 4 nitrogen and oxygen atoms in total. The molecule has 0 fully saturated rings. The smallest absolute Gasteiger partial charge is 0.221 e. The first-order chi connectivity index (χ1) is 10.1. The van der Waals surface area contributed by atoms with Crippen molar-refractivity contribution in [1.29, 1.82) is 0 Å². The van der Waals surface area contributed by atoms with Gasteiger partial charge in [0, 0.05) is 43.8 Å². The van der Waals surface area contributed by atoms with Crippen LogP contribution in [0.5, 0.6) is 0 Å². The molecule has 0 atom stereocenters. The standard InChI is InChI=1S/C17H25N3O/c1-4-18-17(21)8-10-20-9-7-15-6-5-14(11-16(15)20)12-19-13(2)3/h5-7,9,11,13,19H,4,8,10,12H2,1-3H3,(H,18,21). The quantitative estimate of drug-likeness (QED) is 0.822. The fraction of sp³-hybridized carbons (Fsp3) is 0.471. The van der Waals surface area contributed by atoms with E-state index in [0.29, 0.717) is 19.0 Å². The fourth-order valence-corrected chi connectivity index (χ4v) is 2.36. The topological polar surface area (TPSA) is 46.1 Å². The van der Waals surface area contributed by atoms with Crippen molar-refractivity contribution in [2.75, 3.05) is 6.54 Å². The summed E-state index contributed by atoms with van der Waals surface area (Å²) >= 11 is 0. The van der Waals surface area contributed by atoms with Crippen molar-refractivity contribution in [3.8, 4) is 0 Å². The number of hydrogen-bond acceptors (Lipinski definition) is 2. The van der Waals surface area contributed by atoms with E-state index in [9.17, 15) is 4.79 Å². The Morgan fingerprint density at radius 3 is 2.81 bits per heavy atom. The number of carbonyl (C=O) groups is 1. The second kappa shape index (κ2) is 7.27. The van der Waals surface area contributed by atoms with Crippen LogP contribution < -0.4 is 10.6 Å². The number of nitrogens with one attached hydrogen (secondary N) is 2. The third kappa shape index (κ3) is 4.33. The maximum atomic E-state index is 11.6. The summed E-state index contributed by atoms with van der Waals surface area (Å²) in [6.45, 7) is 8.51. The van der Waals surface area contributed by atoms with Crippen LogP contribution in [0, 0.1) is 0 Å². The number of amides is 1. The normalized spacial score (nSPS) is 11.2. The molecule has 0 saturated heterocycles. The highest BCUT2D eigenvalue weighted by atomic mass is 16.1. The Labute approximate surface area is 126 Å². The molecule has 0 radical (unpaired) electrons. The van der Waals surface area contributed by atoms with Crippen LogP contribution in [0.2, 0.25) is 0 Å². The van der Waals surface area contributed by atoms with Gasteiger partial charge in [0.15, 0.2) is 0 Å². The molecule has 2 aromatic rings. The molecule has 1 aromatic carbocycles. The van der Waals surface area contributed by atoms with Gasteiger partial charge in [-0.3, -0.25) is 4.79 Å². The first kappa shape index (κ1) is 15.6. The molecule has 0 aliphatic carbocycles. The van der Waals surface area contributed by atoms with Gasteiger partial charge < -0.3 is 15.2 Å². The highest BCUT2D eigenvalue weighted by Crippen LogP contribution is 2.18. The van der Waals surface area contributed by atoms with E-state index < -0.39 is 0 Å². The molecule has 2 rings (SSSR count). The molecule has 0 bridgehead atoms. The van der Waals surface area contributed by atoms with Crippen molar-refractivity contribution < 1.29 is 4.79 Å². The van der Waals surface area contributed by atoms with Crippen LogP contribution in [0.25, 0.3) is 10.9 Å². The number of nitrogens with zero attached hydrogens (tertiary/aromatic N) is 1. The predicted octanol–water partition coefficient (Wildman–Crippen LogP) is 2.67. The second-order valence-electron chi connectivity index (χ2n) is 5.64. The lowest BCUT2D eigenvalue weighted by Gasteiger charge is -2.10. The minimum absolute atomic E-state index is 0.108. The van der Waals surface area contributed by atoms with Crippen molar-refractivity contribution in [3.63, 3.8) is 0 Å². The Hall–Kier alpha value is -1.81. The molecule has 1 amide bonds. The molecule has 0 spiro atoms. The summed E-state index contributed by atoms with van der Waals surface area (Å²) in [7, 11) is 0. The number of rotatable bonds is 7. The van der Waals surface area contributed by atoms with Gasteiger partial charge in [0.2, 0.25) is 5.91 Å². The van der Waals surface area contributed by atoms with Gasteiger partial charge in [-0.15, -0.1) is 0 Å². The molecule has 0 saturated carbocycles. The zero-order chi connectivity index (χ0) is 15.2. The number of fused-ring (bicyclic) bond motifs is 1. The maximum absolute atomic E-state index is 11.6. The van der Waals surface area contributed by atoms with Crippen molar-refractivity contribution in [3.05, 3.63) is 36.0 Å². The van der Waals surface area contributed by atoms with E-state index in [2.05, 4.69) is 59.5 Å². The Bertz CT molecular complexity index is 601. The van der Waals surface area contributed by atoms with E-state index in [0.717, 1.165) is 13.1 Å². The maximum Gasteiger partial charge on any atom is 0.221 e. The van der Waals surface area contributed by atoms with Crippen molar-refractivity contribution in [2.24, 2.45) is 0 Å². The van der Waals surface area contributed by atoms with Gasteiger partial charge in [0.05, 0.1) is 0 Å². The van der Waals surface area contributed by atoms with E-state index >= 15 is 0 Å². The lowest BCUT2D eigenvalue weighted by atomic mass is 10.1. The molecule has 0 unspecified atom stereocenters. The van der Waals surface area contributed by atoms with Crippen molar-refractivity contribution >= 4 is 16.8 Å². The molecular formula is C17H25N3O. The molecule has 114 valence electrons. The van der Waals surface area contributed by atoms with Crippen LogP contribution in [-0.2, 0) is 17.9 Å². The van der Waals surface area contributed by atoms with Crippen molar-refractivity contribution in [2.45, 2.75) is 46.3 Å². The Kier molecular flexibility index (Phi) is 5.39. The molecule has 0 aliphatic rings. The first-order valence-corrected chi connectivity index (χ1v) is 7.68. The molecule has 21 heavy (non-hydrogen) atoms. The minimum Gasteiger partial charge on any atom is -0.356 e. The monoisotopic (exact) mass is 287 g/mol. The van der Waals surface area contributed by atoms with Gasteiger partial charge in [-0.05, 0) is 30.0 Å².